The van der Waals surface area contributed by atoms with Gasteiger partial charge in [-0.1, -0.05) is 24.3 Å². The van der Waals surface area contributed by atoms with Crippen LogP contribution in [0.2, 0.25) is 0 Å². The molecule has 0 aromatic heterocycles. The molecule has 1 saturated heterocycles. The SMILES string of the molecule is Cc1ccc(C)c(S(=O)(=O)NCC(=O)NC2CC3C(=O)Nc4ccccc4N3C2)c1. The molecule has 3 N–H and O–H groups in total. The molecule has 2 aliphatic rings. The monoisotopic (exact) mass is 428 g/mol. The number of anilines is 2. The number of carbonyl (C=O) groups is 2. The molecule has 158 valence electrons. The first kappa shape index (κ1) is 20.4. The van der Waals surface area contributed by atoms with E-state index < -0.39 is 15.9 Å². The maximum absolute atomic E-state index is 12.6. The van der Waals surface area contributed by atoms with E-state index in [9.17, 15) is 18.0 Å². The van der Waals surface area contributed by atoms with Crippen LogP contribution in [0, 0.1) is 13.8 Å². The average Bonchev–Trinajstić information content (AvgIpc) is 3.13. The van der Waals surface area contributed by atoms with E-state index in [1.165, 1.54) is 0 Å². The molecule has 2 amide bonds. The van der Waals surface area contributed by atoms with E-state index in [1.807, 2.05) is 42.2 Å². The van der Waals surface area contributed by atoms with Crippen LogP contribution in [0.15, 0.2) is 47.4 Å². The summed E-state index contributed by atoms with van der Waals surface area (Å²) in [6.07, 6.45) is 0.468. The van der Waals surface area contributed by atoms with Crippen molar-refractivity contribution in [3.05, 3.63) is 53.6 Å². The van der Waals surface area contributed by atoms with Gasteiger partial charge in [0, 0.05) is 12.6 Å². The molecular formula is C21H24N4O4S. The lowest BCUT2D eigenvalue weighted by Gasteiger charge is -2.32. The van der Waals surface area contributed by atoms with E-state index >= 15 is 0 Å². The highest BCUT2D eigenvalue weighted by molar-refractivity contribution is 7.89. The predicted octanol–water partition coefficient (Wildman–Crippen LogP) is 1.30. The van der Waals surface area contributed by atoms with Crippen molar-refractivity contribution in [2.75, 3.05) is 23.3 Å². The Bertz CT molecular complexity index is 1120. The van der Waals surface area contributed by atoms with Gasteiger partial charge in [-0.05, 0) is 49.6 Å². The summed E-state index contributed by atoms with van der Waals surface area (Å²) in [5.74, 6) is -0.525. The molecular weight excluding hydrogens is 404 g/mol. The van der Waals surface area contributed by atoms with Crippen LogP contribution in [0.25, 0.3) is 0 Å². The van der Waals surface area contributed by atoms with Gasteiger partial charge in [0.2, 0.25) is 21.8 Å². The molecule has 0 spiro atoms. The number of amides is 2. The summed E-state index contributed by atoms with van der Waals surface area (Å²) in [7, 11) is -3.80. The number of hydrogen-bond donors (Lipinski definition) is 3. The summed E-state index contributed by atoms with van der Waals surface area (Å²) in [5, 5.41) is 5.74. The zero-order chi connectivity index (χ0) is 21.5. The van der Waals surface area contributed by atoms with Crippen LogP contribution >= 0.6 is 0 Å². The molecule has 30 heavy (non-hydrogen) atoms. The summed E-state index contributed by atoms with van der Waals surface area (Å²) >= 11 is 0. The fourth-order valence-corrected chi connectivity index (χ4v) is 5.32. The molecule has 1 fully saturated rings. The third-order valence-electron chi connectivity index (χ3n) is 5.50. The van der Waals surface area contributed by atoms with Crippen molar-refractivity contribution in [3.63, 3.8) is 0 Å². The topological polar surface area (TPSA) is 108 Å². The highest BCUT2D eigenvalue weighted by Crippen LogP contribution is 2.36. The summed E-state index contributed by atoms with van der Waals surface area (Å²) in [6, 6.07) is 12.1. The minimum absolute atomic E-state index is 0.0962. The molecule has 4 rings (SSSR count). The molecule has 8 nitrogen and oxygen atoms in total. The first-order chi connectivity index (χ1) is 14.2. The van der Waals surface area contributed by atoms with Gasteiger partial charge >= 0.3 is 0 Å². The Morgan fingerprint density at radius 1 is 1.20 bits per heavy atom. The summed E-state index contributed by atoms with van der Waals surface area (Å²) in [6.45, 7) is 3.66. The van der Waals surface area contributed by atoms with E-state index in [2.05, 4.69) is 15.4 Å². The lowest BCUT2D eigenvalue weighted by atomic mass is 10.1. The minimum atomic E-state index is -3.80. The van der Waals surface area contributed by atoms with Gasteiger partial charge in [0.1, 0.15) is 6.04 Å². The number of para-hydroxylation sites is 2. The van der Waals surface area contributed by atoms with E-state index in [-0.39, 0.29) is 29.4 Å². The Kier molecular flexibility index (Phi) is 5.25. The fourth-order valence-electron chi connectivity index (χ4n) is 4.01. The zero-order valence-electron chi connectivity index (χ0n) is 16.8. The Morgan fingerprint density at radius 2 is 1.97 bits per heavy atom. The van der Waals surface area contributed by atoms with Crippen LogP contribution < -0.4 is 20.3 Å². The second-order valence-corrected chi connectivity index (χ2v) is 9.50. The number of carbonyl (C=O) groups excluding carboxylic acids is 2. The first-order valence-electron chi connectivity index (χ1n) is 9.77. The highest BCUT2D eigenvalue weighted by atomic mass is 32.2. The van der Waals surface area contributed by atoms with Gasteiger partial charge in [0.25, 0.3) is 0 Å². The van der Waals surface area contributed by atoms with Crippen LogP contribution in [0.3, 0.4) is 0 Å². The molecule has 2 atom stereocenters. The number of benzene rings is 2. The van der Waals surface area contributed by atoms with Gasteiger partial charge in [-0.3, -0.25) is 9.59 Å². The molecule has 2 aromatic carbocycles. The molecule has 2 heterocycles. The fraction of sp³-hybridized carbons (Fsp3) is 0.333. The largest absolute Gasteiger partial charge is 0.356 e. The number of aryl methyl sites for hydroxylation is 2. The van der Waals surface area contributed by atoms with Crippen molar-refractivity contribution in [1.82, 2.24) is 10.0 Å². The van der Waals surface area contributed by atoms with Crippen molar-refractivity contribution in [2.45, 2.75) is 37.2 Å². The minimum Gasteiger partial charge on any atom is -0.356 e. The molecule has 2 aliphatic heterocycles. The van der Waals surface area contributed by atoms with Gasteiger partial charge in [0.15, 0.2) is 0 Å². The number of nitrogens with one attached hydrogen (secondary N) is 3. The van der Waals surface area contributed by atoms with Crippen LogP contribution in [0.4, 0.5) is 11.4 Å². The summed E-state index contributed by atoms with van der Waals surface area (Å²) in [5.41, 5.74) is 3.12. The van der Waals surface area contributed by atoms with E-state index in [4.69, 9.17) is 0 Å². The van der Waals surface area contributed by atoms with Crippen molar-refractivity contribution in [1.29, 1.82) is 0 Å². The normalized spacial score (nSPS) is 20.3. The number of rotatable bonds is 5. The van der Waals surface area contributed by atoms with E-state index in [0.29, 0.717) is 18.5 Å². The Balaban J connectivity index is 1.39. The van der Waals surface area contributed by atoms with Crippen LogP contribution in [0.1, 0.15) is 17.5 Å². The Hall–Kier alpha value is -2.91. The van der Waals surface area contributed by atoms with Gasteiger partial charge in [-0.2, -0.15) is 0 Å². The quantitative estimate of drug-likeness (QED) is 0.665. The maximum Gasteiger partial charge on any atom is 0.247 e. The van der Waals surface area contributed by atoms with Crippen molar-refractivity contribution in [2.24, 2.45) is 0 Å². The Labute approximate surface area is 175 Å². The molecule has 9 heteroatoms. The maximum atomic E-state index is 12.6. The third-order valence-corrected chi connectivity index (χ3v) is 7.04. The average molecular weight is 429 g/mol. The van der Waals surface area contributed by atoms with Gasteiger partial charge in [0.05, 0.1) is 22.8 Å². The van der Waals surface area contributed by atoms with Crippen LogP contribution in [0.5, 0.6) is 0 Å². The molecule has 2 unspecified atom stereocenters. The molecule has 2 aromatic rings. The van der Waals surface area contributed by atoms with Crippen molar-refractivity contribution in [3.8, 4) is 0 Å². The van der Waals surface area contributed by atoms with Crippen molar-refractivity contribution < 1.29 is 18.0 Å². The summed E-state index contributed by atoms with van der Waals surface area (Å²) in [4.78, 5) is 26.9. The third kappa shape index (κ3) is 3.90. The Morgan fingerprint density at radius 3 is 2.77 bits per heavy atom. The van der Waals surface area contributed by atoms with Crippen LogP contribution in [-0.4, -0.2) is 45.4 Å². The molecule has 0 radical (unpaired) electrons. The summed E-state index contributed by atoms with van der Waals surface area (Å²) < 4.78 is 27.5. The lowest BCUT2D eigenvalue weighted by Crippen LogP contribution is -2.44. The van der Waals surface area contributed by atoms with E-state index in [0.717, 1.165) is 16.9 Å². The van der Waals surface area contributed by atoms with Crippen LogP contribution in [-0.2, 0) is 19.6 Å². The highest BCUT2D eigenvalue weighted by Gasteiger charge is 2.41. The number of nitrogens with zero attached hydrogens (tertiary/aromatic N) is 1. The van der Waals surface area contributed by atoms with Gasteiger partial charge in [-0.25, -0.2) is 13.1 Å². The second-order valence-electron chi connectivity index (χ2n) is 7.77. The van der Waals surface area contributed by atoms with Gasteiger partial charge < -0.3 is 15.5 Å². The lowest BCUT2D eigenvalue weighted by molar-refractivity contribution is -0.121. The molecule has 0 bridgehead atoms. The zero-order valence-corrected chi connectivity index (χ0v) is 17.6. The standard InChI is InChI=1S/C21H24N4O4S/c1-13-7-8-14(2)19(9-13)30(28,29)22-11-20(26)23-15-10-18-21(27)24-16-5-3-4-6-17(16)25(18)12-15/h3-9,15,18,22H,10-12H2,1-2H3,(H,23,26)(H,24,27). The first-order valence-corrected chi connectivity index (χ1v) is 11.3. The molecule has 0 saturated carbocycles. The number of fused-ring (bicyclic) bond motifs is 3. The smallest absolute Gasteiger partial charge is 0.247 e. The number of sulfonamides is 1. The van der Waals surface area contributed by atoms with Crippen molar-refractivity contribution >= 4 is 33.2 Å². The molecule has 0 aliphatic carbocycles. The van der Waals surface area contributed by atoms with Gasteiger partial charge in [-0.15, -0.1) is 0 Å². The second kappa shape index (κ2) is 7.73. The van der Waals surface area contributed by atoms with E-state index in [1.54, 1.807) is 19.1 Å². The predicted molar refractivity (Wildman–Crippen MR) is 114 cm³/mol. The number of hydrogen-bond acceptors (Lipinski definition) is 5.